The van der Waals surface area contributed by atoms with Crippen molar-refractivity contribution < 1.29 is 5.11 Å². The summed E-state index contributed by atoms with van der Waals surface area (Å²) in [6, 6.07) is 0. The van der Waals surface area contributed by atoms with E-state index in [0.717, 1.165) is 0 Å². The molecule has 1 rings (SSSR count). The molecule has 0 radical (unpaired) electrons. The van der Waals surface area contributed by atoms with Gasteiger partial charge < -0.3 is 15.7 Å². The number of hydrogen-bond acceptors (Lipinski definition) is 4. The molecule has 0 amide bonds. The number of hydrogen-bond donors (Lipinski definition) is 2. The monoisotopic (exact) mass is 169 g/mol. The maximum absolute atomic E-state index is 9.48. The zero-order chi connectivity index (χ0) is 9.35. The van der Waals surface area contributed by atoms with Gasteiger partial charge in [-0.25, -0.2) is 4.99 Å². The summed E-state index contributed by atoms with van der Waals surface area (Å²) in [5.74, 6) is 0.364. The van der Waals surface area contributed by atoms with E-state index >= 15 is 0 Å². The van der Waals surface area contributed by atoms with Gasteiger partial charge in [0.25, 0.3) is 0 Å². The number of nitrogens with zero attached hydrogens (tertiary/aromatic N) is 2. The van der Waals surface area contributed by atoms with Crippen LogP contribution in [0.5, 0.6) is 0 Å². The van der Waals surface area contributed by atoms with Crippen molar-refractivity contribution in [3.05, 3.63) is 12.3 Å². The topological polar surface area (TPSA) is 61.8 Å². The second-order valence-corrected chi connectivity index (χ2v) is 3.79. The fourth-order valence-corrected chi connectivity index (χ4v) is 1.04. The minimum absolute atomic E-state index is 0.139. The summed E-state index contributed by atoms with van der Waals surface area (Å²) in [7, 11) is 0. The molecule has 0 aromatic rings. The molecule has 0 aliphatic carbocycles. The van der Waals surface area contributed by atoms with Gasteiger partial charge in [0.15, 0.2) is 0 Å². The van der Waals surface area contributed by atoms with Gasteiger partial charge in [-0.2, -0.15) is 0 Å². The minimum Gasteiger partial charge on any atom is -0.384 e. The third-order valence-corrected chi connectivity index (χ3v) is 1.69. The predicted octanol–water partition coefficient (Wildman–Crippen LogP) is 0.247. The molecule has 4 nitrogen and oxygen atoms in total. The molecule has 1 aliphatic heterocycles. The summed E-state index contributed by atoms with van der Waals surface area (Å²) in [4.78, 5) is 5.56. The van der Waals surface area contributed by atoms with Crippen molar-refractivity contribution in [2.75, 3.05) is 0 Å². The van der Waals surface area contributed by atoms with E-state index in [1.54, 1.807) is 17.2 Å². The smallest absolute Gasteiger partial charge is 0.227 e. The molecule has 1 unspecified atom stereocenters. The number of aliphatic hydroxyl groups is 1. The second-order valence-electron chi connectivity index (χ2n) is 3.79. The van der Waals surface area contributed by atoms with Crippen molar-refractivity contribution in [1.29, 1.82) is 0 Å². The van der Waals surface area contributed by atoms with Gasteiger partial charge in [-0.05, 0) is 26.8 Å². The zero-order valence-corrected chi connectivity index (χ0v) is 7.65. The molecule has 0 bridgehead atoms. The van der Waals surface area contributed by atoms with Crippen molar-refractivity contribution in [2.45, 2.75) is 32.7 Å². The third-order valence-electron chi connectivity index (χ3n) is 1.69. The quantitative estimate of drug-likeness (QED) is 0.546. The fourth-order valence-electron chi connectivity index (χ4n) is 1.04. The van der Waals surface area contributed by atoms with E-state index in [9.17, 15) is 5.11 Å². The molecule has 1 heterocycles. The second kappa shape index (κ2) is 2.79. The average molecular weight is 169 g/mol. The van der Waals surface area contributed by atoms with Crippen molar-refractivity contribution >= 4 is 5.84 Å². The van der Waals surface area contributed by atoms with Crippen LogP contribution in [-0.4, -0.2) is 27.7 Å². The number of rotatable bonds is 0. The van der Waals surface area contributed by atoms with E-state index in [1.165, 1.54) is 0 Å². The molecular formula is C8H15N3O. The third kappa shape index (κ3) is 1.76. The molecule has 3 N–H and O–H groups in total. The Kier molecular flexibility index (Phi) is 2.10. The van der Waals surface area contributed by atoms with Gasteiger partial charge in [0.1, 0.15) is 5.84 Å². The number of nitrogens with two attached hydrogens (primary N) is 1. The molecule has 0 spiro atoms. The van der Waals surface area contributed by atoms with Gasteiger partial charge in [-0.15, -0.1) is 0 Å². The van der Waals surface area contributed by atoms with E-state index in [-0.39, 0.29) is 5.54 Å². The van der Waals surface area contributed by atoms with Crippen molar-refractivity contribution in [2.24, 2.45) is 10.7 Å². The lowest BCUT2D eigenvalue weighted by atomic mass is 10.1. The van der Waals surface area contributed by atoms with Crippen LogP contribution in [0.3, 0.4) is 0 Å². The first-order valence-electron chi connectivity index (χ1n) is 3.89. The maximum Gasteiger partial charge on any atom is 0.227 e. The predicted molar refractivity (Wildman–Crippen MR) is 48.4 cm³/mol. The highest BCUT2D eigenvalue weighted by Gasteiger charge is 2.25. The number of amidine groups is 1. The van der Waals surface area contributed by atoms with Crippen molar-refractivity contribution in [3.8, 4) is 0 Å². The van der Waals surface area contributed by atoms with Crippen LogP contribution < -0.4 is 5.73 Å². The Hall–Kier alpha value is -1.03. The van der Waals surface area contributed by atoms with Gasteiger partial charge >= 0.3 is 0 Å². The Morgan fingerprint density at radius 2 is 2.17 bits per heavy atom. The van der Waals surface area contributed by atoms with Crippen LogP contribution in [0.15, 0.2) is 17.3 Å². The van der Waals surface area contributed by atoms with Crippen LogP contribution in [0.2, 0.25) is 0 Å². The number of aliphatic hydroxyl groups excluding tert-OH is 1. The Morgan fingerprint density at radius 1 is 1.58 bits per heavy atom. The lowest BCUT2D eigenvalue weighted by Crippen LogP contribution is -2.46. The first kappa shape index (κ1) is 9.06. The normalized spacial score (nSPS) is 24.2. The molecule has 1 aliphatic rings. The van der Waals surface area contributed by atoms with E-state index in [1.807, 2.05) is 20.8 Å². The van der Waals surface area contributed by atoms with Crippen LogP contribution in [0.4, 0.5) is 0 Å². The Morgan fingerprint density at radius 3 is 2.58 bits per heavy atom. The van der Waals surface area contributed by atoms with Gasteiger partial charge in [-0.3, -0.25) is 0 Å². The SMILES string of the molecule is CC(C)(C)N1C=CC(N)=NC1O. The van der Waals surface area contributed by atoms with Gasteiger partial charge in [0.2, 0.25) is 6.35 Å². The summed E-state index contributed by atoms with van der Waals surface area (Å²) in [6.45, 7) is 5.99. The molecule has 0 aromatic carbocycles. The Bertz CT molecular complexity index is 227. The molecule has 0 aromatic heterocycles. The van der Waals surface area contributed by atoms with Crippen LogP contribution in [0, 0.1) is 0 Å². The summed E-state index contributed by atoms with van der Waals surface area (Å²) in [5, 5.41) is 9.48. The van der Waals surface area contributed by atoms with Gasteiger partial charge in [0.05, 0.1) is 0 Å². The molecule has 12 heavy (non-hydrogen) atoms. The lowest BCUT2D eigenvalue weighted by molar-refractivity contribution is -0.00899. The van der Waals surface area contributed by atoms with Crippen LogP contribution in [0.25, 0.3) is 0 Å². The minimum atomic E-state index is -0.852. The largest absolute Gasteiger partial charge is 0.384 e. The standard InChI is InChI=1S/C8H15N3O/c1-8(2,3)11-5-4-6(9)10-7(11)12/h4-5,7,12H,1-3H3,(H2,9,10). The molecule has 1 atom stereocenters. The van der Waals surface area contributed by atoms with Crippen LogP contribution in [-0.2, 0) is 0 Å². The molecule has 0 saturated heterocycles. The number of aliphatic imine (C=N–C) groups is 1. The van der Waals surface area contributed by atoms with E-state index < -0.39 is 6.35 Å². The lowest BCUT2D eigenvalue weighted by Gasteiger charge is -2.37. The highest BCUT2D eigenvalue weighted by atomic mass is 16.3. The highest BCUT2D eigenvalue weighted by Crippen LogP contribution is 2.18. The molecule has 0 fully saturated rings. The van der Waals surface area contributed by atoms with Gasteiger partial charge in [0, 0.05) is 11.7 Å². The summed E-state index contributed by atoms with van der Waals surface area (Å²) < 4.78 is 0. The zero-order valence-electron chi connectivity index (χ0n) is 7.65. The van der Waals surface area contributed by atoms with Crippen molar-refractivity contribution in [1.82, 2.24) is 4.90 Å². The Balaban J connectivity index is 2.80. The van der Waals surface area contributed by atoms with Gasteiger partial charge in [-0.1, -0.05) is 0 Å². The van der Waals surface area contributed by atoms with Crippen molar-refractivity contribution in [3.63, 3.8) is 0 Å². The molecule has 0 saturated carbocycles. The molecule has 4 heteroatoms. The first-order chi connectivity index (χ1) is 5.41. The van der Waals surface area contributed by atoms with E-state index in [0.29, 0.717) is 5.84 Å². The van der Waals surface area contributed by atoms with E-state index in [2.05, 4.69) is 4.99 Å². The van der Waals surface area contributed by atoms with Crippen LogP contribution in [0.1, 0.15) is 20.8 Å². The maximum atomic E-state index is 9.48. The van der Waals surface area contributed by atoms with Crippen LogP contribution >= 0.6 is 0 Å². The average Bonchev–Trinajstić information content (AvgIpc) is 1.83. The summed E-state index contributed by atoms with van der Waals surface area (Å²) >= 11 is 0. The highest BCUT2D eigenvalue weighted by molar-refractivity contribution is 5.91. The fraction of sp³-hybridized carbons (Fsp3) is 0.625. The molecular weight excluding hydrogens is 154 g/mol. The first-order valence-corrected chi connectivity index (χ1v) is 3.89. The molecule has 68 valence electrons. The summed E-state index contributed by atoms with van der Waals surface area (Å²) in [5.41, 5.74) is 5.27. The van der Waals surface area contributed by atoms with E-state index in [4.69, 9.17) is 5.73 Å². The Labute approximate surface area is 72.4 Å². The summed E-state index contributed by atoms with van der Waals surface area (Å²) in [6.07, 6.45) is 2.58.